The van der Waals surface area contributed by atoms with Crippen molar-refractivity contribution in [2.75, 3.05) is 5.75 Å². The summed E-state index contributed by atoms with van der Waals surface area (Å²) in [5.41, 5.74) is 2.47. The fourth-order valence-electron chi connectivity index (χ4n) is 2.70. The second-order valence-corrected chi connectivity index (χ2v) is 6.92. The van der Waals surface area contributed by atoms with Crippen molar-refractivity contribution in [3.63, 3.8) is 0 Å². The predicted octanol–water partition coefficient (Wildman–Crippen LogP) is 4.93. The second kappa shape index (κ2) is 6.30. The van der Waals surface area contributed by atoms with Gasteiger partial charge in [-0.1, -0.05) is 23.7 Å². The van der Waals surface area contributed by atoms with Crippen molar-refractivity contribution in [1.82, 2.24) is 5.32 Å². The standard InChI is InChI=1S/C17H18ClNOS/c1-11(12-2-5-14(20)6-3-12)19-16-8-9-21-17-7-4-13(18)10-15(16)17/h2-7,10-11,16,19-20H,8-9H2,1H3. The maximum atomic E-state index is 9.38. The molecule has 110 valence electrons. The Morgan fingerprint density at radius 1 is 1.24 bits per heavy atom. The summed E-state index contributed by atoms with van der Waals surface area (Å²) < 4.78 is 0. The summed E-state index contributed by atoms with van der Waals surface area (Å²) >= 11 is 8.04. The van der Waals surface area contributed by atoms with E-state index in [0.29, 0.717) is 11.8 Å². The summed E-state index contributed by atoms with van der Waals surface area (Å²) in [6.07, 6.45) is 1.10. The molecule has 3 rings (SSSR count). The van der Waals surface area contributed by atoms with Gasteiger partial charge in [0.1, 0.15) is 5.75 Å². The van der Waals surface area contributed by atoms with Gasteiger partial charge in [0.05, 0.1) is 0 Å². The summed E-state index contributed by atoms with van der Waals surface area (Å²) in [5, 5.41) is 13.9. The van der Waals surface area contributed by atoms with Crippen molar-refractivity contribution in [3.05, 3.63) is 58.6 Å². The minimum atomic E-state index is 0.227. The van der Waals surface area contributed by atoms with Crippen molar-refractivity contribution in [3.8, 4) is 5.75 Å². The van der Waals surface area contributed by atoms with Gasteiger partial charge in [0.25, 0.3) is 0 Å². The number of rotatable bonds is 3. The van der Waals surface area contributed by atoms with Gasteiger partial charge >= 0.3 is 0 Å². The van der Waals surface area contributed by atoms with E-state index in [1.165, 1.54) is 16.0 Å². The van der Waals surface area contributed by atoms with Crippen LogP contribution in [0, 0.1) is 0 Å². The molecule has 2 aromatic rings. The minimum absolute atomic E-state index is 0.227. The van der Waals surface area contributed by atoms with E-state index in [1.807, 2.05) is 30.0 Å². The van der Waals surface area contributed by atoms with Crippen LogP contribution >= 0.6 is 23.4 Å². The second-order valence-electron chi connectivity index (χ2n) is 5.35. The molecule has 1 aliphatic heterocycles. The zero-order valence-electron chi connectivity index (χ0n) is 11.8. The van der Waals surface area contributed by atoms with Gasteiger partial charge < -0.3 is 10.4 Å². The lowest BCUT2D eigenvalue weighted by atomic mass is 10.0. The molecule has 1 heterocycles. The van der Waals surface area contributed by atoms with Crippen molar-refractivity contribution in [1.29, 1.82) is 0 Å². The van der Waals surface area contributed by atoms with Gasteiger partial charge in [-0.05, 0) is 60.6 Å². The average molecular weight is 320 g/mol. The summed E-state index contributed by atoms with van der Waals surface area (Å²) in [7, 11) is 0. The summed E-state index contributed by atoms with van der Waals surface area (Å²) in [4.78, 5) is 1.32. The lowest BCUT2D eigenvalue weighted by Crippen LogP contribution is -2.27. The molecule has 0 aliphatic carbocycles. The Bertz CT molecular complexity index is 629. The molecule has 4 heteroatoms. The Balaban J connectivity index is 1.80. The first kappa shape index (κ1) is 14.8. The van der Waals surface area contributed by atoms with E-state index in [1.54, 1.807) is 12.1 Å². The van der Waals surface area contributed by atoms with E-state index >= 15 is 0 Å². The minimum Gasteiger partial charge on any atom is -0.508 e. The van der Waals surface area contributed by atoms with Crippen LogP contribution in [-0.2, 0) is 0 Å². The van der Waals surface area contributed by atoms with E-state index in [-0.39, 0.29) is 6.04 Å². The molecule has 1 aliphatic rings. The zero-order chi connectivity index (χ0) is 14.8. The first-order chi connectivity index (χ1) is 10.1. The highest BCUT2D eigenvalue weighted by molar-refractivity contribution is 7.99. The molecule has 0 saturated carbocycles. The van der Waals surface area contributed by atoms with E-state index in [2.05, 4.69) is 24.4 Å². The van der Waals surface area contributed by atoms with E-state index in [9.17, 15) is 5.11 Å². The number of aromatic hydroxyl groups is 1. The fraction of sp³-hybridized carbons (Fsp3) is 0.294. The molecule has 0 radical (unpaired) electrons. The SMILES string of the molecule is CC(NC1CCSc2ccc(Cl)cc21)c1ccc(O)cc1. The highest BCUT2D eigenvalue weighted by Crippen LogP contribution is 2.38. The normalized spacial score (nSPS) is 19.0. The van der Waals surface area contributed by atoms with Gasteiger partial charge in [-0.2, -0.15) is 0 Å². The number of phenols is 1. The first-order valence-electron chi connectivity index (χ1n) is 7.11. The molecule has 2 unspecified atom stereocenters. The number of thioether (sulfide) groups is 1. The lowest BCUT2D eigenvalue weighted by molar-refractivity contribution is 0.448. The van der Waals surface area contributed by atoms with Gasteiger partial charge in [-0.15, -0.1) is 11.8 Å². The third-order valence-electron chi connectivity index (χ3n) is 3.86. The molecular formula is C17H18ClNOS. The van der Waals surface area contributed by atoms with Crippen LogP contribution < -0.4 is 5.32 Å². The Hall–Kier alpha value is -1.16. The molecule has 21 heavy (non-hydrogen) atoms. The van der Waals surface area contributed by atoms with Gasteiger partial charge in [-0.25, -0.2) is 0 Å². The smallest absolute Gasteiger partial charge is 0.115 e. The molecule has 0 bridgehead atoms. The Labute approximate surface area is 134 Å². The molecule has 2 atom stereocenters. The van der Waals surface area contributed by atoms with Crippen LogP contribution in [0.25, 0.3) is 0 Å². The molecule has 2 N–H and O–H groups in total. The van der Waals surface area contributed by atoms with Crippen LogP contribution in [0.3, 0.4) is 0 Å². The van der Waals surface area contributed by atoms with E-state index in [0.717, 1.165) is 17.2 Å². The highest BCUT2D eigenvalue weighted by atomic mass is 35.5. The number of nitrogens with one attached hydrogen (secondary N) is 1. The number of halogens is 1. The van der Waals surface area contributed by atoms with Gasteiger partial charge in [0, 0.05) is 22.0 Å². The number of phenolic OH excluding ortho intramolecular Hbond substituents is 1. The third-order valence-corrected chi connectivity index (χ3v) is 5.21. The number of hydrogen-bond donors (Lipinski definition) is 2. The molecule has 0 spiro atoms. The van der Waals surface area contributed by atoms with Crippen molar-refractivity contribution in [2.45, 2.75) is 30.3 Å². The van der Waals surface area contributed by atoms with Gasteiger partial charge in [0.15, 0.2) is 0 Å². The number of fused-ring (bicyclic) bond motifs is 1. The van der Waals surface area contributed by atoms with E-state index in [4.69, 9.17) is 11.6 Å². The molecule has 2 nitrogen and oxygen atoms in total. The van der Waals surface area contributed by atoms with E-state index < -0.39 is 0 Å². The molecule has 2 aromatic carbocycles. The van der Waals surface area contributed by atoms with Gasteiger partial charge in [-0.3, -0.25) is 0 Å². The van der Waals surface area contributed by atoms with Crippen molar-refractivity contribution >= 4 is 23.4 Å². The van der Waals surface area contributed by atoms with Crippen LogP contribution in [0.4, 0.5) is 0 Å². The largest absolute Gasteiger partial charge is 0.508 e. The lowest BCUT2D eigenvalue weighted by Gasteiger charge is -2.29. The highest BCUT2D eigenvalue weighted by Gasteiger charge is 2.22. The van der Waals surface area contributed by atoms with Crippen molar-refractivity contribution in [2.24, 2.45) is 0 Å². The average Bonchev–Trinajstić information content (AvgIpc) is 2.48. The molecule has 0 amide bonds. The van der Waals surface area contributed by atoms with Crippen LogP contribution in [0.2, 0.25) is 5.02 Å². The zero-order valence-corrected chi connectivity index (χ0v) is 13.4. The van der Waals surface area contributed by atoms with Gasteiger partial charge in [0.2, 0.25) is 0 Å². The molecule has 0 aromatic heterocycles. The quantitative estimate of drug-likeness (QED) is 0.841. The Morgan fingerprint density at radius 2 is 2.00 bits per heavy atom. The first-order valence-corrected chi connectivity index (χ1v) is 8.47. The predicted molar refractivity (Wildman–Crippen MR) is 89.2 cm³/mol. The maximum Gasteiger partial charge on any atom is 0.115 e. The Morgan fingerprint density at radius 3 is 2.76 bits per heavy atom. The Kier molecular flexibility index (Phi) is 4.43. The fourth-order valence-corrected chi connectivity index (χ4v) is 3.99. The topological polar surface area (TPSA) is 32.3 Å². The summed E-state index contributed by atoms with van der Waals surface area (Å²) in [6.45, 7) is 2.15. The van der Waals surface area contributed by atoms with Crippen LogP contribution in [0.5, 0.6) is 5.75 Å². The molecular weight excluding hydrogens is 302 g/mol. The number of benzene rings is 2. The maximum absolute atomic E-state index is 9.38. The monoisotopic (exact) mass is 319 g/mol. The van der Waals surface area contributed by atoms with Crippen LogP contribution in [-0.4, -0.2) is 10.9 Å². The van der Waals surface area contributed by atoms with Crippen LogP contribution in [0.1, 0.15) is 36.6 Å². The van der Waals surface area contributed by atoms with Crippen LogP contribution in [0.15, 0.2) is 47.4 Å². The van der Waals surface area contributed by atoms with Crippen molar-refractivity contribution < 1.29 is 5.11 Å². The number of hydrogen-bond acceptors (Lipinski definition) is 3. The summed E-state index contributed by atoms with van der Waals surface area (Å²) in [6, 6.07) is 14.1. The third kappa shape index (κ3) is 3.37. The molecule has 0 saturated heterocycles. The molecule has 0 fully saturated rings. The summed E-state index contributed by atoms with van der Waals surface area (Å²) in [5.74, 6) is 1.42.